The van der Waals surface area contributed by atoms with Gasteiger partial charge in [-0.15, -0.1) is 0 Å². The average Bonchev–Trinajstić information content (AvgIpc) is 2.18. The van der Waals surface area contributed by atoms with Crippen molar-refractivity contribution < 1.29 is 0 Å². The summed E-state index contributed by atoms with van der Waals surface area (Å²) >= 11 is 5.90. The molecule has 1 aromatic carbocycles. The van der Waals surface area contributed by atoms with Gasteiger partial charge in [-0.25, -0.2) is 0 Å². The molecule has 0 unspecified atom stereocenters. The monoisotopic (exact) mass is 208 g/mol. The van der Waals surface area contributed by atoms with Gasteiger partial charge < -0.3 is 4.90 Å². The molecule has 0 aromatic heterocycles. The fraction of sp³-hybridized carbons (Fsp3) is 0.364. The number of anilines is 1. The van der Waals surface area contributed by atoms with Gasteiger partial charge in [-0.1, -0.05) is 17.7 Å². The van der Waals surface area contributed by atoms with E-state index in [2.05, 4.69) is 6.07 Å². The van der Waals surface area contributed by atoms with Gasteiger partial charge in [0.05, 0.1) is 12.5 Å². The molecule has 2 nitrogen and oxygen atoms in total. The molecule has 0 aliphatic carbocycles. The zero-order valence-electron chi connectivity index (χ0n) is 8.42. The standard InChI is InChI=1S/C11H13ClN2/c1-9-4-5-10(12)8-11(9)14(2)7-3-6-13/h4-5,8H,3,7H2,1-2H3. The zero-order chi connectivity index (χ0) is 10.6. The Kier molecular flexibility index (Phi) is 3.79. The number of hydrogen-bond acceptors (Lipinski definition) is 2. The lowest BCUT2D eigenvalue weighted by molar-refractivity contribution is 0.901. The molecule has 0 saturated carbocycles. The van der Waals surface area contributed by atoms with Crippen LogP contribution in [0.15, 0.2) is 18.2 Å². The van der Waals surface area contributed by atoms with Crippen LogP contribution in [0.1, 0.15) is 12.0 Å². The number of rotatable bonds is 3. The van der Waals surface area contributed by atoms with Crippen LogP contribution < -0.4 is 4.90 Å². The van der Waals surface area contributed by atoms with E-state index in [0.717, 1.165) is 17.3 Å². The summed E-state index contributed by atoms with van der Waals surface area (Å²) in [4.78, 5) is 2.05. The smallest absolute Gasteiger partial charge is 0.0640 e. The molecule has 0 heterocycles. The van der Waals surface area contributed by atoms with Crippen molar-refractivity contribution in [3.05, 3.63) is 28.8 Å². The maximum atomic E-state index is 8.48. The van der Waals surface area contributed by atoms with Crippen LogP contribution in [0.25, 0.3) is 0 Å². The van der Waals surface area contributed by atoms with E-state index in [0.29, 0.717) is 6.42 Å². The van der Waals surface area contributed by atoms with Gasteiger partial charge in [0.2, 0.25) is 0 Å². The summed E-state index contributed by atoms with van der Waals surface area (Å²) in [6.45, 7) is 2.77. The summed E-state index contributed by atoms with van der Waals surface area (Å²) in [5, 5.41) is 9.21. The van der Waals surface area contributed by atoms with Crippen LogP contribution in [0.5, 0.6) is 0 Å². The Balaban J connectivity index is 2.83. The third kappa shape index (κ3) is 2.65. The highest BCUT2D eigenvalue weighted by Gasteiger charge is 2.04. The predicted molar refractivity (Wildman–Crippen MR) is 59.7 cm³/mol. The summed E-state index contributed by atoms with van der Waals surface area (Å²) in [5.41, 5.74) is 2.27. The van der Waals surface area contributed by atoms with Crippen molar-refractivity contribution >= 4 is 17.3 Å². The molecule has 1 aromatic rings. The first-order valence-electron chi connectivity index (χ1n) is 4.49. The van der Waals surface area contributed by atoms with Gasteiger partial charge >= 0.3 is 0 Å². The van der Waals surface area contributed by atoms with Gasteiger partial charge in [0.15, 0.2) is 0 Å². The van der Waals surface area contributed by atoms with E-state index in [1.807, 2.05) is 37.1 Å². The molecule has 0 spiro atoms. The molecular weight excluding hydrogens is 196 g/mol. The van der Waals surface area contributed by atoms with E-state index >= 15 is 0 Å². The highest BCUT2D eigenvalue weighted by Crippen LogP contribution is 2.23. The quantitative estimate of drug-likeness (QED) is 0.764. The van der Waals surface area contributed by atoms with E-state index in [1.54, 1.807) is 0 Å². The van der Waals surface area contributed by atoms with Gasteiger partial charge in [0.25, 0.3) is 0 Å². The maximum Gasteiger partial charge on any atom is 0.0640 e. The SMILES string of the molecule is Cc1ccc(Cl)cc1N(C)CCC#N. The third-order valence-corrected chi connectivity index (χ3v) is 2.38. The Morgan fingerprint density at radius 3 is 2.86 bits per heavy atom. The summed E-state index contributed by atoms with van der Waals surface area (Å²) in [6.07, 6.45) is 0.530. The third-order valence-electron chi connectivity index (χ3n) is 2.14. The van der Waals surface area contributed by atoms with Crippen LogP contribution in [-0.4, -0.2) is 13.6 Å². The first kappa shape index (κ1) is 10.9. The fourth-order valence-electron chi connectivity index (χ4n) is 1.33. The molecule has 0 atom stereocenters. The molecule has 0 radical (unpaired) electrons. The van der Waals surface area contributed by atoms with Crippen molar-refractivity contribution in [2.75, 3.05) is 18.5 Å². The number of hydrogen-bond donors (Lipinski definition) is 0. The van der Waals surface area contributed by atoms with Crippen LogP contribution in [0.2, 0.25) is 5.02 Å². The van der Waals surface area contributed by atoms with Crippen molar-refractivity contribution in [3.63, 3.8) is 0 Å². The average molecular weight is 209 g/mol. The maximum absolute atomic E-state index is 8.48. The molecule has 0 amide bonds. The minimum atomic E-state index is 0.530. The van der Waals surface area contributed by atoms with Gasteiger partial charge in [0.1, 0.15) is 0 Å². The Bertz CT molecular complexity index is 355. The van der Waals surface area contributed by atoms with E-state index in [1.165, 1.54) is 5.56 Å². The molecule has 3 heteroatoms. The van der Waals surface area contributed by atoms with Crippen molar-refractivity contribution in [3.8, 4) is 6.07 Å². The normalized spacial score (nSPS) is 9.57. The predicted octanol–water partition coefficient (Wildman–Crippen LogP) is 3.00. The van der Waals surface area contributed by atoms with Crippen molar-refractivity contribution in [2.24, 2.45) is 0 Å². The van der Waals surface area contributed by atoms with Gasteiger partial charge in [-0.3, -0.25) is 0 Å². The zero-order valence-corrected chi connectivity index (χ0v) is 9.17. The lowest BCUT2D eigenvalue weighted by atomic mass is 10.2. The molecule has 0 saturated heterocycles. The van der Waals surface area contributed by atoms with Crippen LogP contribution in [-0.2, 0) is 0 Å². The Morgan fingerprint density at radius 2 is 2.21 bits per heavy atom. The lowest BCUT2D eigenvalue weighted by Crippen LogP contribution is -2.18. The fourth-order valence-corrected chi connectivity index (χ4v) is 1.50. The van der Waals surface area contributed by atoms with Crippen molar-refractivity contribution in [1.82, 2.24) is 0 Å². The van der Waals surface area contributed by atoms with E-state index in [-0.39, 0.29) is 0 Å². The molecule has 0 N–H and O–H groups in total. The second kappa shape index (κ2) is 4.88. The highest BCUT2D eigenvalue weighted by molar-refractivity contribution is 6.30. The van der Waals surface area contributed by atoms with Crippen LogP contribution in [0.3, 0.4) is 0 Å². The molecule has 74 valence electrons. The van der Waals surface area contributed by atoms with Gasteiger partial charge in [0, 0.05) is 24.3 Å². The molecule has 0 bridgehead atoms. The van der Waals surface area contributed by atoms with Crippen LogP contribution >= 0.6 is 11.6 Å². The molecule has 14 heavy (non-hydrogen) atoms. The number of nitriles is 1. The largest absolute Gasteiger partial charge is 0.373 e. The van der Waals surface area contributed by atoms with Gasteiger partial charge in [-0.05, 0) is 24.6 Å². The first-order valence-corrected chi connectivity index (χ1v) is 4.87. The minimum Gasteiger partial charge on any atom is -0.373 e. The van der Waals surface area contributed by atoms with Crippen LogP contribution in [0.4, 0.5) is 5.69 Å². The minimum absolute atomic E-state index is 0.530. The summed E-state index contributed by atoms with van der Waals surface area (Å²) in [6, 6.07) is 7.91. The topological polar surface area (TPSA) is 27.0 Å². The lowest BCUT2D eigenvalue weighted by Gasteiger charge is -2.20. The summed E-state index contributed by atoms with van der Waals surface area (Å²) in [7, 11) is 1.97. The molecule has 0 aliphatic rings. The van der Waals surface area contributed by atoms with Crippen LogP contribution in [0, 0.1) is 18.3 Å². The molecule has 0 aliphatic heterocycles. The molecule has 0 fully saturated rings. The van der Waals surface area contributed by atoms with E-state index in [4.69, 9.17) is 16.9 Å². The Labute approximate surface area is 89.7 Å². The Hall–Kier alpha value is -1.20. The summed E-state index contributed by atoms with van der Waals surface area (Å²) < 4.78 is 0. The number of halogens is 1. The number of benzene rings is 1. The van der Waals surface area contributed by atoms with Crippen molar-refractivity contribution in [2.45, 2.75) is 13.3 Å². The second-order valence-corrected chi connectivity index (χ2v) is 3.70. The summed E-state index contributed by atoms with van der Waals surface area (Å²) in [5.74, 6) is 0. The van der Waals surface area contributed by atoms with Gasteiger partial charge in [-0.2, -0.15) is 5.26 Å². The number of aryl methyl sites for hydroxylation is 1. The Morgan fingerprint density at radius 1 is 1.50 bits per heavy atom. The van der Waals surface area contributed by atoms with Crippen molar-refractivity contribution in [1.29, 1.82) is 5.26 Å². The highest BCUT2D eigenvalue weighted by atomic mass is 35.5. The van der Waals surface area contributed by atoms with E-state index < -0.39 is 0 Å². The molecule has 1 rings (SSSR count). The first-order chi connectivity index (χ1) is 6.65. The van der Waals surface area contributed by atoms with E-state index in [9.17, 15) is 0 Å². The molecular formula is C11H13ClN2. The number of nitrogens with zero attached hydrogens (tertiary/aromatic N) is 2. The second-order valence-electron chi connectivity index (χ2n) is 3.26.